The Morgan fingerprint density at radius 1 is 1.04 bits per heavy atom. The molecule has 0 saturated carbocycles. The SMILES string of the molecule is C[C@@H](CCc1ccccc1)NC(=O)CCNC(=O)c1ccc(Br)cc1. The van der Waals surface area contributed by atoms with E-state index in [-0.39, 0.29) is 24.3 Å². The number of hydrogen-bond acceptors (Lipinski definition) is 2. The summed E-state index contributed by atoms with van der Waals surface area (Å²) in [5.74, 6) is -0.214. The molecule has 0 aromatic heterocycles. The van der Waals surface area contributed by atoms with Gasteiger partial charge in [0.2, 0.25) is 5.91 Å². The van der Waals surface area contributed by atoms with Crippen LogP contribution in [0, 0.1) is 0 Å². The van der Waals surface area contributed by atoms with Gasteiger partial charge < -0.3 is 10.6 Å². The lowest BCUT2D eigenvalue weighted by atomic mass is 10.1. The third-order valence-corrected chi connectivity index (χ3v) is 4.39. The predicted octanol–water partition coefficient (Wildman–Crippen LogP) is 3.71. The third-order valence-electron chi connectivity index (χ3n) is 3.86. The second-order valence-electron chi connectivity index (χ2n) is 6.01. The minimum Gasteiger partial charge on any atom is -0.354 e. The molecule has 0 heterocycles. The molecule has 1 atom stereocenters. The fourth-order valence-electron chi connectivity index (χ4n) is 2.44. The summed E-state index contributed by atoms with van der Waals surface area (Å²) < 4.78 is 0.924. The summed E-state index contributed by atoms with van der Waals surface area (Å²) in [7, 11) is 0. The van der Waals surface area contributed by atoms with Gasteiger partial charge in [0.05, 0.1) is 0 Å². The van der Waals surface area contributed by atoms with Gasteiger partial charge in [0, 0.05) is 29.0 Å². The van der Waals surface area contributed by atoms with Crippen molar-refractivity contribution in [2.75, 3.05) is 6.54 Å². The fourth-order valence-corrected chi connectivity index (χ4v) is 2.70. The number of amides is 2. The van der Waals surface area contributed by atoms with Gasteiger partial charge in [0.1, 0.15) is 0 Å². The van der Waals surface area contributed by atoms with E-state index in [1.54, 1.807) is 12.1 Å². The highest BCUT2D eigenvalue weighted by molar-refractivity contribution is 9.10. The highest BCUT2D eigenvalue weighted by Gasteiger charge is 2.09. The van der Waals surface area contributed by atoms with Gasteiger partial charge in [-0.1, -0.05) is 46.3 Å². The van der Waals surface area contributed by atoms with Crippen LogP contribution in [0.25, 0.3) is 0 Å². The molecule has 25 heavy (non-hydrogen) atoms. The topological polar surface area (TPSA) is 58.2 Å². The number of nitrogens with one attached hydrogen (secondary N) is 2. The minimum atomic E-state index is -0.169. The monoisotopic (exact) mass is 402 g/mol. The first-order valence-corrected chi connectivity index (χ1v) is 9.21. The molecular weight excluding hydrogens is 380 g/mol. The molecule has 0 aliphatic carbocycles. The quantitative estimate of drug-likeness (QED) is 0.706. The van der Waals surface area contributed by atoms with E-state index in [9.17, 15) is 9.59 Å². The molecule has 0 aliphatic rings. The lowest BCUT2D eigenvalue weighted by Gasteiger charge is -2.14. The molecule has 0 fully saturated rings. The smallest absolute Gasteiger partial charge is 0.251 e. The Bertz CT molecular complexity index is 687. The van der Waals surface area contributed by atoms with Crippen LogP contribution in [0.3, 0.4) is 0 Å². The number of rotatable bonds is 8. The summed E-state index contributed by atoms with van der Waals surface area (Å²) in [6.45, 7) is 2.33. The van der Waals surface area contributed by atoms with Crippen molar-refractivity contribution in [3.8, 4) is 0 Å². The van der Waals surface area contributed by atoms with Crippen LogP contribution in [0.5, 0.6) is 0 Å². The van der Waals surface area contributed by atoms with Crippen LogP contribution in [0.15, 0.2) is 59.1 Å². The first-order valence-electron chi connectivity index (χ1n) is 8.41. The van der Waals surface area contributed by atoms with Crippen molar-refractivity contribution in [1.82, 2.24) is 10.6 Å². The van der Waals surface area contributed by atoms with Crippen LogP contribution < -0.4 is 10.6 Å². The van der Waals surface area contributed by atoms with Crippen LogP contribution >= 0.6 is 15.9 Å². The zero-order valence-electron chi connectivity index (χ0n) is 14.3. The van der Waals surface area contributed by atoms with Crippen molar-refractivity contribution < 1.29 is 9.59 Å². The minimum absolute atomic E-state index is 0.0448. The van der Waals surface area contributed by atoms with E-state index in [0.29, 0.717) is 12.1 Å². The summed E-state index contributed by atoms with van der Waals surface area (Å²) in [5.41, 5.74) is 1.85. The van der Waals surface area contributed by atoms with Crippen LogP contribution in [0.1, 0.15) is 35.7 Å². The normalized spacial score (nSPS) is 11.6. The van der Waals surface area contributed by atoms with E-state index in [4.69, 9.17) is 0 Å². The zero-order chi connectivity index (χ0) is 18.1. The number of aryl methyl sites for hydroxylation is 1. The molecule has 2 amide bonds. The summed E-state index contributed by atoms with van der Waals surface area (Å²) >= 11 is 3.33. The zero-order valence-corrected chi connectivity index (χ0v) is 15.9. The van der Waals surface area contributed by atoms with Gasteiger partial charge in [-0.25, -0.2) is 0 Å². The van der Waals surface area contributed by atoms with Crippen molar-refractivity contribution in [3.63, 3.8) is 0 Å². The van der Waals surface area contributed by atoms with Gasteiger partial charge in [0.15, 0.2) is 0 Å². The maximum Gasteiger partial charge on any atom is 0.251 e. The van der Waals surface area contributed by atoms with E-state index in [2.05, 4.69) is 38.7 Å². The number of carbonyl (C=O) groups excluding carboxylic acids is 2. The Morgan fingerprint density at radius 2 is 1.72 bits per heavy atom. The lowest BCUT2D eigenvalue weighted by molar-refractivity contribution is -0.121. The average Bonchev–Trinajstić information content (AvgIpc) is 2.61. The number of hydrogen-bond donors (Lipinski definition) is 2. The molecule has 2 N–H and O–H groups in total. The average molecular weight is 403 g/mol. The summed E-state index contributed by atoms with van der Waals surface area (Å²) in [6, 6.07) is 17.4. The predicted molar refractivity (Wildman–Crippen MR) is 103 cm³/mol. The summed E-state index contributed by atoms with van der Waals surface area (Å²) in [5, 5.41) is 5.74. The Balaban J connectivity index is 1.64. The van der Waals surface area contributed by atoms with Gasteiger partial charge in [-0.3, -0.25) is 9.59 Å². The van der Waals surface area contributed by atoms with E-state index < -0.39 is 0 Å². The van der Waals surface area contributed by atoms with Gasteiger partial charge in [0.25, 0.3) is 5.91 Å². The van der Waals surface area contributed by atoms with Gasteiger partial charge in [-0.2, -0.15) is 0 Å². The number of carbonyl (C=O) groups is 2. The highest BCUT2D eigenvalue weighted by atomic mass is 79.9. The van der Waals surface area contributed by atoms with Crippen molar-refractivity contribution in [2.45, 2.75) is 32.2 Å². The van der Waals surface area contributed by atoms with E-state index in [0.717, 1.165) is 17.3 Å². The molecule has 0 radical (unpaired) electrons. The molecule has 0 unspecified atom stereocenters. The molecule has 0 aliphatic heterocycles. The molecule has 0 saturated heterocycles. The van der Waals surface area contributed by atoms with Crippen LogP contribution in [0.2, 0.25) is 0 Å². The maximum atomic E-state index is 12.0. The molecule has 5 heteroatoms. The van der Waals surface area contributed by atoms with Crippen LogP contribution in [-0.2, 0) is 11.2 Å². The van der Waals surface area contributed by atoms with E-state index in [1.807, 2.05) is 37.3 Å². The lowest BCUT2D eigenvalue weighted by Crippen LogP contribution is -2.35. The first kappa shape index (κ1) is 19.2. The molecule has 4 nitrogen and oxygen atoms in total. The van der Waals surface area contributed by atoms with Crippen molar-refractivity contribution in [1.29, 1.82) is 0 Å². The Labute approximate surface area is 157 Å². The third kappa shape index (κ3) is 7.10. The molecule has 2 aromatic rings. The van der Waals surface area contributed by atoms with Crippen molar-refractivity contribution in [2.24, 2.45) is 0 Å². The standard InChI is InChI=1S/C20H23BrN2O2/c1-15(7-8-16-5-3-2-4-6-16)23-19(24)13-14-22-20(25)17-9-11-18(21)12-10-17/h2-6,9-12,15H,7-8,13-14H2,1H3,(H,22,25)(H,23,24)/t15-/m0/s1. The second-order valence-corrected chi connectivity index (χ2v) is 6.92. The van der Waals surface area contributed by atoms with Gasteiger partial charge in [-0.15, -0.1) is 0 Å². The van der Waals surface area contributed by atoms with Crippen LogP contribution in [0.4, 0.5) is 0 Å². The Kier molecular flexibility index (Phi) is 7.67. The van der Waals surface area contributed by atoms with Crippen molar-refractivity contribution >= 4 is 27.7 Å². The Morgan fingerprint density at radius 3 is 2.40 bits per heavy atom. The summed E-state index contributed by atoms with van der Waals surface area (Å²) in [4.78, 5) is 23.9. The first-order chi connectivity index (χ1) is 12.0. The largest absolute Gasteiger partial charge is 0.354 e. The number of benzene rings is 2. The summed E-state index contributed by atoms with van der Waals surface area (Å²) in [6.07, 6.45) is 2.10. The Hall–Kier alpha value is -2.14. The van der Waals surface area contributed by atoms with E-state index in [1.165, 1.54) is 5.56 Å². The maximum absolute atomic E-state index is 12.0. The molecule has 132 valence electrons. The van der Waals surface area contributed by atoms with Crippen molar-refractivity contribution in [3.05, 3.63) is 70.2 Å². The second kappa shape index (κ2) is 9.99. The van der Waals surface area contributed by atoms with E-state index >= 15 is 0 Å². The van der Waals surface area contributed by atoms with Gasteiger partial charge in [-0.05, 0) is 49.6 Å². The molecule has 0 spiro atoms. The molecule has 2 aromatic carbocycles. The molecular formula is C20H23BrN2O2. The number of halogens is 1. The molecule has 2 rings (SSSR count). The molecule has 0 bridgehead atoms. The van der Waals surface area contributed by atoms with Crippen LogP contribution in [-0.4, -0.2) is 24.4 Å². The van der Waals surface area contributed by atoms with Gasteiger partial charge >= 0.3 is 0 Å². The highest BCUT2D eigenvalue weighted by Crippen LogP contribution is 2.10. The fraction of sp³-hybridized carbons (Fsp3) is 0.300.